The van der Waals surface area contributed by atoms with Gasteiger partial charge in [0.2, 0.25) is 0 Å². The van der Waals surface area contributed by atoms with Gasteiger partial charge >= 0.3 is 77.9 Å². The van der Waals surface area contributed by atoms with E-state index in [1.807, 2.05) is 0 Å². The van der Waals surface area contributed by atoms with Crippen LogP contribution in [0.3, 0.4) is 0 Å². The third kappa shape index (κ3) is 32.2. The van der Waals surface area contributed by atoms with Crippen LogP contribution in [0, 0.1) is 0 Å². The first-order valence-electron chi connectivity index (χ1n) is 0. The van der Waals surface area contributed by atoms with Gasteiger partial charge in [0.15, 0.2) is 0 Å². The summed E-state index contributed by atoms with van der Waals surface area (Å²) in [4.78, 5) is 0. The Morgan fingerprint density at radius 1 is 0.667 bits per heavy atom. The van der Waals surface area contributed by atoms with Gasteiger partial charge in [-0.1, -0.05) is 0 Å². The van der Waals surface area contributed by atoms with Crippen LogP contribution in [0.1, 0.15) is 0 Å². The van der Waals surface area contributed by atoms with Crippen LogP contribution in [-0.4, -0.2) is 60.8 Å². The van der Waals surface area contributed by atoms with Crippen molar-refractivity contribution < 1.29 is 33.5 Å². The van der Waals surface area contributed by atoms with Crippen molar-refractivity contribution in [1.82, 2.24) is 0 Å². The molecule has 0 aliphatic carbocycles. The van der Waals surface area contributed by atoms with Gasteiger partial charge in [0.25, 0.3) is 0 Å². The molecule has 0 aromatic rings. The molecule has 0 aliphatic rings. The minimum Gasteiger partial charge on any atom is -2.00 e. The van der Waals surface area contributed by atoms with E-state index in [1.165, 1.54) is 0 Å². The maximum atomic E-state index is 0. The van der Waals surface area contributed by atoms with Crippen LogP contribution >= 0.6 is 0 Å². The summed E-state index contributed by atoms with van der Waals surface area (Å²) in [5, 5.41) is 0. The smallest absolute Gasteiger partial charge is 2.00 e. The summed E-state index contributed by atoms with van der Waals surface area (Å²) in [6.45, 7) is 0. The fourth-order valence-corrected chi connectivity index (χ4v) is 0. The second-order valence-electron chi connectivity index (χ2n) is 0. The molecule has 0 aliphatic heterocycles. The molecule has 0 unspecified atom stereocenters. The van der Waals surface area contributed by atoms with Crippen molar-refractivity contribution in [2.75, 3.05) is 0 Å². The molecule has 0 spiro atoms. The zero-order chi connectivity index (χ0) is 0. The second kappa shape index (κ2) is 52.1. The van der Waals surface area contributed by atoms with Gasteiger partial charge in [0.1, 0.15) is 0 Å². The van der Waals surface area contributed by atoms with Crippen molar-refractivity contribution in [2.24, 2.45) is 0 Å². The van der Waals surface area contributed by atoms with Gasteiger partial charge < -0.3 is 16.4 Å². The summed E-state index contributed by atoms with van der Waals surface area (Å²) in [7, 11) is 0. The van der Waals surface area contributed by atoms with Crippen molar-refractivity contribution in [3.63, 3.8) is 0 Å². The van der Waals surface area contributed by atoms with Gasteiger partial charge in [-0.2, -0.15) is 0 Å². The Morgan fingerprint density at radius 3 is 0.667 bits per heavy atom. The zero-order valence-electron chi connectivity index (χ0n) is 2.94. The van der Waals surface area contributed by atoms with E-state index in [4.69, 9.17) is 0 Å². The van der Waals surface area contributed by atoms with Crippen LogP contribution in [0.5, 0.6) is 0 Å². The molecule has 0 fully saturated rings. The number of hydrogen-bond donors (Lipinski definition) is 0. The van der Waals surface area contributed by atoms with E-state index in [-0.39, 0.29) is 94.3 Å². The minimum atomic E-state index is 0. The van der Waals surface area contributed by atoms with Crippen molar-refractivity contribution in [1.29, 1.82) is 0 Å². The Morgan fingerprint density at radius 2 is 0.667 bits per heavy atom. The Bertz CT molecular complexity index is 10.8. The van der Waals surface area contributed by atoms with Crippen LogP contribution in [0.4, 0.5) is 0 Å². The number of hydrogen-bond acceptors (Lipinski definition) is 0. The van der Waals surface area contributed by atoms with Gasteiger partial charge in [0, 0.05) is 0 Å². The normalized spacial score (nSPS) is 0. The van der Waals surface area contributed by atoms with E-state index in [9.17, 15) is 0 Å². The average Bonchev–Trinajstić information content (AvgIpc) is 0. The van der Waals surface area contributed by atoms with Gasteiger partial charge in [-0.05, 0) is 0 Å². The molecule has 0 aromatic carbocycles. The predicted molar refractivity (Wildman–Crippen MR) is 13.6 cm³/mol. The Hall–Kier alpha value is 2.43. The SMILES string of the molecule is [Ca+2].[Cu+2].[Mg+2].[O-2].[O-2].[O-2]. The van der Waals surface area contributed by atoms with Crippen LogP contribution in [0.2, 0.25) is 0 Å². The first-order valence-corrected chi connectivity index (χ1v) is 0. The molecule has 0 amide bonds. The summed E-state index contributed by atoms with van der Waals surface area (Å²) in [6.07, 6.45) is 0. The van der Waals surface area contributed by atoms with Crippen molar-refractivity contribution >= 4 is 60.8 Å². The molecule has 0 aromatic heterocycles. The number of rotatable bonds is 0. The summed E-state index contributed by atoms with van der Waals surface area (Å²) >= 11 is 0. The molecule has 0 saturated carbocycles. The van der Waals surface area contributed by atoms with Crippen LogP contribution in [-0.2, 0) is 33.5 Å². The van der Waals surface area contributed by atoms with Crippen LogP contribution in [0.15, 0.2) is 0 Å². The monoisotopic (exact) mass is 175 g/mol. The Kier molecular flexibility index (Phi) is 686. The first-order chi connectivity index (χ1) is 0. The van der Waals surface area contributed by atoms with Crippen molar-refractivity contribution in [2.45, 2.75) is 0 Å². The standard InChI is InChI=1S/Ca.Cu.Mg.3O/q3*+2;3*-2. The van der Waals surface area contributed by atoms with Gasteiger partial charge in [-0.15, -0.1) is 0 Å². The molecule has 0 rings (SSSR count). The third-order valence-corrected chi connectivity index (χ3v) is 0. The second-order valence-corrected chi connectivity index (χ2v) is 0. The fraction of sp³-hybridized carbons (Fsp3) is 0. The van der Waals surface area contributed by atoms with Gasteiger partial charge in [-0.3, -0.25) is 0 Å². The molecule has 0 atom stereocenters. The maximum Gasteiger partial charge on any atom is 2.00 e. The Labute approximate surface area is 92.8 Å². The maximum absolute atomic E-state index is 0. The zero-order valence-corrected chi connectivity index (χ0v) is 7.50. The minimum absolute atomic E-state index is 0. The summed E-state index contributed by atoms with van der Waals surface area (Å²) in [5.74, 6) is 0. The van der Waals surface area contributed by atoms with E-state index in [0.717, 1.165) is 0 Å². The fourth-order valence-electron chi connectivity index (χ4n) is 0. The average molecular weight is 176 g/mol. The predicted octanol–water partition coefficient (Wildman–Crippen LogP) is -1.12. The van der Waals surface area contributed by atoms with E-state index >= 15 is 0 Å². The molecule has 3 nitrogen and oxygen atoms in total. The molecule has 0 N–H and O–H groups in total. The molecular formula is CaCuMgO3. The molecule has 6 heavy (non-hydrogen) atoms. The van der Waals surface area contributed by atoms with Crippen molar-refractivity contribution in [3.05, 3.63) is 0 Å². The summed E-state index contributed by atoms with van der Waals surface area (Å²) < 4.78 is 0. The summed E-state index contributed by atoms with van der Waals surface area (Å²) in [6, 6.07) is 0. The van der Waals surface area contributed by atoms with Crippen LogP contribution in [0.25, 0.3) is 0 Å². The van der Waals surface area contributed by atoms with E-state index < -0.39 is 0 Å². The molecular weight excluding hydrogens is 176 g/mol. The molecule has 0 bridgehead atoms. The van der Waals surface area contributed by atoms with E-state index in [2.05, 4.69) is 0 Å². The molecule has 33 valence electrons. The van der Waals surface area contributed by atoms with E-state index in [1.54, 1.807) is 0 Å². The van der Waals surface area contributed by atoms with Crippen molar-refractivity contribution in [3.8, 4) is 0 Å². The summed E-state index contributed by atoms with van der Waals surface area (Å²) in [5.41, 5.74) is 0. The quantitative estimate of drug-likeness (QED) is 0.418. The Balaban J connectivity index is 0. The first kappa shape index (κ1) is 79.0. The molecule has 6 heteroatoms. The third-order valence-electron chi connectivity index (χ3n) is 0. The molecule has 0 saturated heterocycles. The van der Waals surface area contributed by atoms with Gasteiger partial charge in [-0.25, -0.2) is 0 Å². The molecule has 1 radical (unpaired) electrons. The largest absolute Gasteiger partial charge is 2.00 e. The molecule has 0 heterocycles. The van der Waals surface area contributed by atoms with Gasteiger partial charge in [0.05, 0.1) is 0 Å². The van der Waals surface area contributed by atoms with Crippen LogP contribution < -0.4 is 0 Å². The van der Waals surface area contributed by atoms with E-state index in [0.29, 0.717) is 0 Å². The topological polar surface area (TPSA) is 85.5 Å².